The smallest absolute Gasteiger partial charge is 0.270 e. The lowest BCUT2D eigenvalue weighted by Crippen LogP contribution is -2.31. The average Bonchev–Trinajstić information content (AvgIpc) is 2.96. The molecule has 2 rings (SSSR count). The van der Waals surface area contributed by atoms with Crippen LogP contribution >= 0.6 is 27.5 Å². The summed E-state index contributed by atoms with van der Waals surface area (Å²) in [6, 6.07) is 3.44. The van der Waals surface area contributed by atoms with Crippen LogP contribution in [-0.4, -0.2) is 14.5 Å². The SMILES string of the molecule is Cc1cc(Br)c(NS(=O)(=O)NC2CC2)cc1Cl. The van der Waals surface area contributed by atoms with Crippen LogP contribution in [0.15, 0.2) is 16.6 Å². The molecule has 1 saturated carbocycles. The molecule has 1 fully saturated rings. The maximum atomic E-state index is 11.7. The van der Waals surface area contributed by atoms with E-state index in [4.69, 9.17) is 11.6 Å². The summed E-state index contributed by atoms with van der Waals surface area (Å²) in [7, 11) is -3.51. The molecule has 0 saturated heterocycles. The Kier molecular flexibility index (Phi) is 3.68. The zero-order chi connectivity index (χ0) is 12.6. The highest BCUT2D eigenvalue weighted by Gasteiger charge is 2.27. The standard InChI is InChI=1S/C10H12BrClN2O2S/c1-6-4-8(11)10(5-9(6)12)14-17(15,16)13-7-2-3-7/h4-5,7,13-14H,2-3H2,1H3. The molecule has 0 radical (unpaired) electrons. The van der Waals surface area contributed by atoms with Gasteiger partial charge in [-0.3, -0.25) is 4.72 Å². The first-order valence-electron chi connectivity index (χ1n) is 5.13. The molecule has 0 bridgehead atoms. The van der Waals surface area contributed by atoms with E-state index in [9.17, 15) is 8.42 Å². The lowest BCUT2D eigenvalue weighted by atomic mass is 10.2. The molecule has 1 aromatic rings. The molecule has 0 heterocycles. The summed E-state index contributed by atoms with van der Waals surface area (Å²) in [6.45, 7) is 1.85. The molecular weight excluding hydrogens is 328 g/mol. The van der Waals surface area contributed by atoms with Gasteiger partial charge in [-0.2, -0.15) is 13.1 Å². The van der Waals surface area contributed by atoms with E-state index in [1.807, 2.05) is 6.92 Å². The first-order chi connectivity index (χ1) is 7.87. The molecule has 94 valence electrons. The van der Waals surface area contributed by atoms with Gasteiger partial charge < -0.3 is 0 Å². The number of nitrogens with one attached hydrogen (secondary N) is 2. The van der Waals surface area contributed by atoms with Gasteiger partial charge in [0.15, 0.2) is 0 Å². The summed E-state index contributed by atoms with van der Waals surface area (Å²) < 4.78 is 29.1. The fraction of sp³-hybridized carbons (Fsp3) is 0.400. The van der Waals surface area contributed by atoms with Crippen molar-refractivity contribution in [2.24, 2.45) is 0 Å². The molecule has 0 aromatic heterocycles. The van der Waals surface area contributed by atoms with E-state index in [1.165, 1.54) is 0 Å². The number of hydrogen-bond donors (Lipinski definition) is 2. The third kappa shape index (κ3) is 3.58. The molecule has 17 heavy (non-hydrogen) atoms. The second-order valence-electron chi connectivity index (χ2n) is 4.08. The van der Waals surface area contributed by atoms with E-state index in [1.54, 1.807) is 12.1 Å². The topological polar surface area (TPSA) is 58.2 Å². The van der Waals surface area contributed by atoms with Gasteiger partial charge >= 0.3 is 0 Å². The minimum atomic E-state index is -3.51. The van der Waals surface area contributed by atoms with Crippen LogP contribution in [0, 0.1) is 6.92 Å². The van der Waals surface area contributed by atoms with Crippen molar-refractivity contribution in [2.45, 2.75) is 25.8 Å². The summed E-state index contributed by atoms with van der Waals surface area (Å²) in [5, 5.41) is 0.525. The lowest BCUT2D eigenvalue weighted by Gasteiger charge is -2.11. The summed E-state index contributed by atoms with van der Waals surface area (Å²) in [5.41, 5.74) is 1.32. The number of aryl methyl sites for hydroxylation is 1. The maximum Gasteiger partial charge on any atom is 0.299 e. The van der Waals surface area contributed by atoms with Crippen molar-refractivity contribution in [1.29, 1.82) is 0 Å². The number of anilines is 1. The predicted molar refractivity (Wildman–Crippen MR) is 72.6 cm³/mol. The number of hydrogen-bond acceptors (Lipinski definition) is 2. The Labute approximate surface area is 114 Å². The summed E-state index contributed by atoms with van der Waals surface area (Å²) in [5.74, 6) is 0. The summed E-state index contributed by atoms with van der Waals surface area (Å²) >= 11 is 9.26. The number of rotatable bonds is 4. The van der Waals surface area contributed by atoms with Gasteiger partial charge in [-0.15, -0.1) is 0 Å². The van der Waals surface area contributed by atoms with Crippen LogP contribution in [0.4, 0.5) is 5.69 Å². The fourth-order valence-corrected chi connectivity index (χ4v) is 3.36. The van der Waals surface area contributed by atoms with Crippen molar-refractivity contribution in [3.8, 4) is 0 Å². The lowest BCUT2D eigenvalue weighted by molar-refractivity contribution is 0.586. The Balaban J connectivity index is 2.20. The minimum Gasteiger partial charge on any atom is -0.270 e. The highest BCUT2D eigenvalue weighted by molar-refractivity contribution is 9.10. The van der Waals surface area contributed by atoms with Gasteiger partial charge in [0.1, 0.15) is 0 Å². The van der Waals surface area contributed by atoms with Gasteiger partial charge in [0.05, 0.1) is 5.69 Å². The zero-order valence-corrected chi connectivity index (χ0v) is 12.3. The predicted octanol–water partition coefficient (Wildman–Crippen LogP) is 2.82. The molecule has 1 aliphatic carbocycles. The Bertz CT molecular complexity index is 543. The van der Waals surface area contributed by atoms with Crippen molar-refractivity contribution in [1.82, 2.24) is 4.72 Å². The van der Waals surface area contributed by atoms with Gasteiger partial charge in [0, 0.05) is 15.5 Å². The first-order valence-corrected chi connectivity index (χ1v) is 7.78. The van der Waals surface area contributed by atoms with E-state index < -0.39 is 10.2 Å². The Morgan fingerprint density at radius 2 is 2.06 bits per heavy atom. The molecule has 4 nitrogen and oxygen atoms in total. The van der Waals surface area contributed by atoms with Crippen molar-refractivity contribution in [3.05, 3.63) is 27.2 Å². The van der Waals surface area contributed by atoms with Crippen molar-refractivity contribution < 1.29 is 8.42 Å². The van der Waals surface area contributed by atoms with Crippen molar-refractivity contribution in [2.75, 3.05) is 4.72 Å². The van der Waals surface area contributed by atoms with Crippen LogP contribution in [0.3, 0.4) is 0 Å². The van der Waals surface area contributed by atoms with Crippen molar-refractivity contribution >= 4 is 43.4 Å². The van der Waals surface area contributed by atoms with Gasteiger partial charge in [-0.25, -0.2) is 0 Å². The van der Waals surface area contributed by atoms with Crippen LogP contribution in [-0.2, 0) is 10.2 Å². The number of halogens is 2. The van der Waals surface area contributed by atoms with Gasteiger partial charge in [-0.05, 0) is 53.4 Å². The van der Waals surface area contributed by atoms with Gasteiger partial charge in [-0.1, -0.05) is 11.6 Å². The fourth-order valence-electron chi connectivity index (χ4n) is 1.32. The highest BCUT2D eigenvalue weighted by Crippen LogP contribution is 2.30. The molecule has 7 heteroatoms. The van der Waals surface area contributed by atoms with Gasteiger partial charge in [0.25, 0.3) is 10.2 Å². The van der Waals surface area contributed by atoms with Crippen LogP contribution < -0.4 is 9.44 Å². The Morgan fingerprint density at radius 3 is 2.65 bits per heavy atom. The Hall–Kier alpha value is -0.300. The second kappa shape index (κ2) is 4.76. The molecule has 1 aliphatic rings. The number of benzene rings is 1. The van der Waals surface area contributed by atoms with E-state index in [-0.39, 0.29) is 6.04 Å². The third-order valence-electron chi connectivity index (χ3n) is 2.39. The summed E-state index contributed by atoms with van der Waals surface area (Å²) in [4.78, 5) is 0. The molecule has 2 N–H and O–H groups in total. The van der Waals surface area contributed by atoms with E-state index in [0.717, 1.165) is 18.4 Å². The molecule has 0 amide bonds. The maximum absolute atomic E-state index is 11.7. The minimum absolute atomic E-state index is 0.0761. The van der Waals surface area contributed by atoms with E-state index in [0.29, 0.717) is 15.2 Å². The van der Waals surface area contributed by atoms with Crippen LogP contribution in [0.2, 0.25) is 5.02 Å². The molecule has 0 atom stereocenters. The Morgan fingerprint density at radius 1 is 1.41 bits per heavy atom. The van der Waals surface area contributed by atoms with E-state index >= 15 is 0 Å². The van der Waals surface area contributed by atoms with Crippen LogP contribution in [0.1, 0.15) is 18.4 Å². The van der Waals surface area contributed by atoms with Crippen LogP contribution in [0.5, 0.6) is 0 Å². The van der Waals surface area contributed by atoms with Gasteiger partial charge in [0.2, 0.25) is 0 Å². The zero-order valence-electron chi connectivity index (χ0n) is 9.13. The van der Waals surface area contributed by atoms with E-state index in [2.05, 4.69) is 25.4 Å². The van der Waals surface area contributed by atoms with Crippen LogP contribution in [0.25, 0.3) is 0 Å². The quantitative estimate of drug-likeness (QED) is 0.886. The molecule has 0 aliphatic heterocycles. The molecular formula is C10H12BrClN2O2S. The molecule has 0 unspecified atom stereocenters. The summed E-state index contributed by atoms with van der Waals surface area (Å²) in [6.07, 6.45) is 1.80. The third-order valence-corrected chi connectivity index (χ3v) is 4.59. The highest BCUT2D eigenvalue weighted by atomic mass is 79.9. The molecule has 1 aromatic carbocycles. The monoisotopic (exact) mass is 338 g/mol. The average molecular weight is 340 g/mol. The van der Waals surface area contributed by atoms with Crippen molar-refractivity contribution in [3.63, 3.8) is 0 Å². The molecule has 0 spiro atoms. The normalized spacial score (nSPS) is 15.9. The second-order valence-corrected chi connectivity index (χ2v) is 6.79. The first kappa shape index (κ1) is 13.1. The largest absolute Gasteiger partial charge is 0.299 e.